The highest BCUT2D eigenvalue weighted by atomic mass is 32.2. The van der Waals surface area contributed by atoms with Gasteiger partial charge in [-0.05, 0) is 267 Å². The van der Waals surface area contributed by atoms with E-state index in [-0.39, 0.29) is 11.6 Å². The van der Waals surface area contributed by atoms with Crippen LogP contribution in [0.1, 0.15) is 260 Å². The molecule has 0 radical (unpaired) electrons. The molecule has 8 aromatic carbocycles. The molecular formula is C86H98N2O2S2. The molecule has 0 atom stereocenters. The highest BCUT2D eigenvalue weighted by Gasteiger charge is 2.39. The molecule has 4 saturated carbocycles. The Labute approximate surface area is 559 Å². The molecular weight excluding hydrogens is 1160 g/mol. The lowest BCUT2D eigenvalue weighted by molar-refractivity contribution is 0.0976. The highest BCUT2D eigenvalue weighted by Crippen LogP contribution is 2.49. The average molecular weight is 1260 g/mol. The molecule has 0 saturated heterocycles. The maximum atomic E-state index is 16.3. The van der Waals surface area contributed by atoms with Gasteiger partial charge in [-0.15, -0.1) is 0 Å². The van der Waals surface area contributed by atoms with Crippen molar-refractivity contribution in [1.82, 2.24) is 0 Å². The number of hydrogen-bond acceptors (Lipinski definition) is 6. The first-order chi connectivity index (χ1) is 45.2. The summed E-state index contributed by atoms with van der Waals surface area (Å²) in [5, 5.41) is 7.45. The van der Waals surface area contributed by atoms with Crippen LogP contribution >= 0.6 is 23.5 Å². The number of rotatable bonds is 22. The Morgan fingerprint density at radius 1 is 0.293 bits per heavy atom. The molecule has 5 aliphatic carbocycles. The van der Waals surface area contributed by atoms with Crippen molar-refractivity contribution in [2.24, 2.45) is 23.7 Å². The van der Waals surface area contributed by atoms with E-state index in [0.29, 0.717) is 57.3 Å². The van der Waals surface area contributed by atoms with Crippen LogP contribution in [0.25, 0.3) is 22.3 Å². The summed E-state index contributed by atoms with van der Waals surface area (Å²) in [6.45, 7) is 9.25. The van der Waals surface area contributed by atoms with Crippen molar-refractivity contribution in [3.63, 3.8) is 0 Å². The monoisotopic (exact) mass is 1250 g/mol. The van der Waals surface area contributed by atoms with Crippen molar-refractivity contribution in [1.29, 1.82) is 0 Å². The van der Waals surface area contributed by atoms with Gasteiger partial charge in [0.15, 0.2) is 11.6 Å². The van der Waals surface area contributed by atoms with Crippen molar-refractivity contribution in [3.8, 4) is 22.3 Å². The van der Waals surface area contributed by atoms with Gasteiger partial charge in [0.1, 0.15) is 0 Å². The Bertz CT molecular complexity index is 3490. The Hall–Kier alpha value is -6.60. The first kappa shape index (κ1) is 64.1. The number of anilines is 4. The van der Waals surface area contributed by atoms with Gasteiger partial charge in [0.2, 0.25) is 0 Å². The third-order valence-electron chi connectivity index (χ3n) is 22.3. The minimum absolute atomic E-state index is 0.149. The minimum atomic E-state index is -0.149. The lowest BCUT2D eigenvalue weighted by atomic mass is 9.77. The van der Waals surface area contributed by atoms with E-state index in [1.54, 1.807) is 23.5 Å². The van der Waals surface area contributed by atoms with Crippen molar-refractivity contribution in [2.75, 3.05) is 10.6 Å². The second-order valence-electron chi connectivity index (χ2n) is 28.4. The fraction of sp³-hybridized carbons (Fsp3) is 0.419. The fourth-order valence-electron chi connectivity index (χ4n) is 17.1. The molecule has 0 amide bonds. The molecule has 92 heavy (non-hydrogen) atoms. The van der Waals surface area contributed by atoms with Gasteiger partial charge in [-0.25, -0.2) is 0 Å². The second kappa shape index (κ2) is 30.2. The van der Waals surface area contributed by atoms with E-state index >= 15 is 9.59 Å². The van der Waals surface area contributed by atoms with Crippen LogP contribution in [0, 0.1) is 23.7 Å². The number of nitrogens with one attached hydrogen (secondary N) is 2. The van der Waals surface area contributed by atoms with Crippen molar-refractivity contribution in [2.45, 2.75) is 225 Å². The third-order valence-corrected chi connectivity index (χ3v) is 24.5. The summed E-state index contributed by atoms with van der Waals surface area (Å²) in [6.07, 6.45) is 31.2. The van der Waals surface area contributed by atoms with E-state index in [9.17, 15) is 0 Å². The number of hydrogen-bond donors (Lipinski definition) is 2. The quantitative estimate of drug-likeness (QED) is 0.0705. The van der Waals surface area contributed by atoms with Crippen LogP contribution in [-0.2, 0) is 0 Å². The maximum absolute atomic E-state index is 16.3. The molecule has 0 aromatic heterocycles. The van der Waals surface area contributed by atoms with E-state index in [1.165, 1.54) is 187 Å². The van der Waals surface area contributed by atoms with E-state index < -0.39 is 0 Å². The van der Waals surface area contributed by atoms with Gasteiger partial charge in [0, 0.05) is 42.1 Å². The standard InChI is InChI=1S/C86H98N2O2S2/c1-5-9-57-13-21-61(22-14-57)65-29-33-67(34-30-65)71-41-49-75(50-42-71)91-79-55-53-77(87-73-45-37-69(38-46-73)63-25-17-59(11-7-3)18-26-63)81-83(79)85(89)82-78(88-74-47-39-70(40-48-74)64-27-19-60(12-8-4)20-28-64)54-56-80(84(82)86(81)90)92-76-51-43-72(44-52-76)68-35-31-66(32-36-68)62-23-15-58(10-6-2)16-24-62/h29-64,87-88H,5-28H2,1-4H3. The first-order valence-electron chi connectivity index (χ1n) is 36.1. The van der Waals surface area contributed by atoms with Crippen molar-refractivity contribution >= 4 is 57.8 Å². The molecule has 0 bridgehead atoms. The summed E-state index contributed by atoms with van der Waals surface area (Å²) in [6, 6.07) is 62.1. The molecule has 6 heteroatoms. The van der Waals surface area contributed by atoms with Crippen LogP contribution in [0.5, 0.6) is 0 Å². The topological polar surface area (TPSA) is 58.2 Å². The molecule has 476 valence electrons. The molecule has 0 unspecified atom stereocenters. The molecule has 4 fully saturated rings. The molecule has 0 heterocycles. The summed E-state index contributed by atoms with van der Waals surface area (Å²) in [5.74, 6) is 5.63. The highest BCUT2D eigenvalue weighted by molar-refractivity contribution is 7.99. The van der Waals surface area contributed by atoms with E-state index in [1.807, 2.05) is 12.1 Å². The molecule has 4 nitrogen and oxygen atoms in total. The second-order valence-corrected chi connectivity index (χ2v) is 30.6. The number of ketones is 2. The number of benzene rings is 8. The summed E-state index contributed by atoms with van der Waals surface area (Å²) in [5.41, 5.74) is 15.3. The van der Waals surface area contributed by atoms with E-state index in [4.69, 9.17) is 0 Å². The number of carbonyl (C=O) groups excluding carboxylic acids is 2. The molecule has 8 aromatic rings. The maximum Gasteiger partial charge on any atom is 0.197 e. The largest absolute Gasteiger partial charge is 0.355 e. The first-order valence-corrected chi connectivity index (χ1v) is 37.8. The van der Waals surface area contributed by atoms with Crippen LogP contribution in [0.4, 0.5) is 22.7 Å². The van der Waals surface area contributed by atoms with Crippen LogP contribution in [-0.4, -0.2) is 11.6 Å². The molecule has 0 aliphatic heterocycles. The minimum Gasteiger partial charge on any atom is -0.355 e. The van der Waals surface area contributed by atoms with Crippen LogP contribution in [0.2, 0.25) is 0 Å². The lowest BCUT2D eigenvalue weighted by Gasteiger charge is -2.29. The van der Waals surface area contributed by atoms with Crippen LogP contribution in [0.15, 0.2) is 189 Å². The van der Waals surface area contributed by atoms with Gasteiger partial charge >= 0.3 is 0 Å². The Kier molecular flexibility index (Phi) is 21.1. The number of carbonyl (C=O) groups is 2. The van der Waals surface area contributed by atoms with E-state index in [2.05, 4.69) is 196 Å². The molecule has 5 aliphatic rings. The van der Waals surface area contributed by atoms with E-state index in [0.717, 1.165) is 65.8 Å². The summed E-state index contributed by atoms with van der Waals surface area (Å²) < 4.78 is 0. The van der Waals surface area contributed by atoms with Gasteiger partial charge in [0.05, 0.1) is 22.5 Å². The normalized spacial score (nSPS) is 22.3. The predicted molar refractivity (Wildman–Crippen MR) is 390 cm³/mol. The Morgan fingerprint density at radius 2 is 0.543 bits per heavy atom. The Balaban J connectivity index is 0.821. The van der Waals surface area contributed by atoms with Gasteiger partial charge in [-0.3, -0.25) is 9.59 Å². The SMILES string of the molecule is CCCC1CCC(c2ccc(Nc3ccc(Sc4ccc(-c5ccc(C6CCC(CCC)CC6)cc5)cc4)c4c3C(=O)c3c(Sc5ccc(-c6ccc(C7CCC(CCC)CC7)cc6)cc5)ccc(Nc5ccc(C6CCC(CCC)CC6)cc5)c3C4=O)cc2)CC1. The average Bonchev–Trinajstić information content (AvgIpc) is 0.728. The van der Waals surface area contributed by atoms with Crippen molar-refractivity contribution < 1.29 is 9.59 Å². The molecule has 0 spiro atoms. The zero-order valence-corrected chi connectivity index (χ0v) is 57.0. The van der Waals surface area contributed by atoms with Gasteiger partial charge in [-0.1, -0.05) is 200 Å². The summed E-state index contributed by atoms with van der Waals surface area (Å²) in [4.78, 5) is 36.0. The zero-order valence-electron chi connectivity index (χ0n) is 55.4. The van der Waals surface area contributed by atoms with Gasteiger partial charge < -0.3 is 10.6 Å². The zero-order chi connectivity index (χ0) is 62.9. The number of fused-ring (bicyclic) bond motifs is 2. The molecule has 2 N–H and O–H groups in total. The smallest absolute Gasteiger partial charge is 0.197 e. The molecule has 13 rings (SSSR count). The fourth-order valence-corrected chi connectivity index (χ4v) is 19.0. The summed E-state index contributed by atoms with van der Waals surface area (Å²) in [7, 11) is 0. The Morgan fingerprint density at radius 3 is 0.804 bits per heavy atom. The summed E-state index contributed by atoms with van der Waals surface area (Å²) >= 11 is 3.13. The predicted octanol–water partition coefficient (Wildman–Crippen LogP) is 25.9. The van der Waals surface area contributed by atoms with Crippen LogP contribution < -0.4 is 10.6 Å². The van der Waals surface area contributed by atoms with Crippen LogP contribution in [0.3, 0.4) is 0 Å². The van der Waals surface area contributed by atoms with Gasteiger partial charge in [-0.2, -0.15) is 0 Å². The van der Waals surface area contributed by atoms with Crippen molar-refractivity contribution in [3.05, 3.63) is 214 Å². The van der Waals surface area contributed by atoms with Gasteiger partial charge in [0.25, 0.3) is 0 Å². The third kappa shape index (κ3) is 14.8. The lowest BCUT2D eigenvalue weighted by Crippen LogP contribution is -2.25.